The molecule has 29 heavy (non-hydrogen) atoms. The summed E-state index contributed by atoms with van der Waals surface area (Å²) in [6.07, 6.45) is 0. The van der Waals surface area contributed by atoms with Crippen LogP contribution in [-0.2, 0) is 0 Å². The minimum absolute atomic E-state index is 0.0938. The summed E-state index contributed by atoms with van der Waals surface area (Å²) in [7, 11) is 0. The summed E-state index contributed by atoms with van der Waals surface area (Å²) in [4.78, 5) is 15.3. The van der Waals surface area contributed by atoms with Gasteiger partial charge < -0.3 is 20.1 Å². The number of nitrogens with one attached hydrogen (secondary N) is 1. The third kappa shape index (κ3) is 4.09. The van der Waals surface area contributed by atoms with Gasteiger partial charge in [-0.1, -0.05) is 41.9 Å². The van der Waals surface area contributed by atoms with Crippen LogP contribution in [0.15, 0.2) is 53.7 Å². The summed E-state index contributed by atoms with van der Waals surface area (Å²) in [5.74, 6) is 0.0518. The Hall–Kier alpha value is -2.57. The number of rotatable bonds is 6. The van der Waals surface area contributed by atoms with Gasteiger partial charge in [-0.15, -0.1) is 0 Å². The predicted octanol–water partition coefficient (Wildman–Crippen LogP) is 4.85. The average Bonchev–Trinajstić information content (AvgIpc) is 2.71. The summed E-state index contributed by atoms with van der Waals surface area (Å²) in [6.45, 7) is 6.70. The molecule has 5 nitrogen and oxygen atoms in total. The van der Waals surface area contributed by atoms with E-state index in [1.54, 1.807) is 24.3 Å². The molecular formula is C22H23ClN2O3S. The number of aromatic hydroxyl groups is 1. The zero-order valence-corrected chi connectivity index (χ0v) is 18.1. The molecule has 0 bridgehead atoms. The van der Waals surface area contributed by atoms with Crippen molar-refractivity contribution in [2.45, 2.75) is 26.8 Å². The van der Waals surface area contributed by atoms with Crippen LogP contribution in [0.2, 0.25) is 5.02 Å². The smallest absolute Gasteiger partial charge is 0.193 e. The van der Waals surface area contributed by atoms with E-state index >= 15 is 0 Å². The van der Waals surface area contributed by atoms with Gasteiger partial charge in [-0.3, -0.25) is 4.79 Å². The topological polar surface area (TPSA) is 61.8 Å². The fourth-order valence-electron chi connectivity index (χ4n) is 3.48. The number of ketones is 1. The van der Waals surface area contributed by atoms with Gasteiger partial charge in [0.25, 0.3) is 0 Å². The van der Waals surface area contributed by atoms with Crippen LogP contribution in [0.25, 0.3) is 0 Å². The molecule has 1 atom stereocenters. The SMILES string of the molecule is CCOc1cc(C2NC(=S)N(CC)C(C)=C2C(=O)c2ccccc2)cc(Cl)c1O. The normalized spacial score (nSPS) is 16.6. The summed E-state index contributed by atoms with van der Waals surface area (Å²) in [5, 5.41) is 14.1. The maximum absolute atomic E-state index is 13.4. The van der Waals surface area contributed by atoms with Gasteiger partial charge in [0.15, 0.2) is 22.4 Å². The Labute approximate surface area is 180 Å². The molecule has 0 spiro atoms. The number of halogens is 1. The summed E-state index contributed by atoms with van der Waals surface area (Å²) in [6, 6.07) is 11.9. The van der Waals surface area contributed by atoms with Crippen molar-refractivity contribution >= 4 is 34.7 Å². The van der Waals surface area contributed by atoms with Gasteiger partial charge in [-0.05, 0) is 50.7 Å². The van der Waals surface area contributed by atoms with E-state index in [1.165, 1.54) is 0 Å². The minimum atomic E-state index is -0.518. The molecule has 1 aliphatic rings. The Morgan fingerprint density at radius 2 is 1.97 bits per heavy atom. The van der Waals surface area contributed by atoms with Gasteiger partial charge in [-0.2, -0.15) is 0 Å². The van der Waals surface area contributed by atoms with Crippen molar-refractivity contribution < 1.29 is 14.6 Å². The molecule has 0 fully saturated rings. The Morgan fingerprint density at radius 3 is 2.59 bits per heavy atom. The maximum atomic E-state index is 13.4. The third-order valence-electron chi connectivity index (χ3n) is 4.88. The summed E-state index contributed by atoms with van der Waals surface area (Å²) < 4.78 is 5.52. The molecule has 0 saturated carbocycles. The number of phenols is 1. The van der Waals surface area contributed by atoms with Gasteiger partial charge >= 0.3 is 0 Å². The zero-order valence-electron chi connectivity index (χ0n) is 16.5. The van der Waals surface area contributed by atoms with Gasteiger partial charge in [0.2, 0.25) is 0 Å². The van der Waals surface area contributed by atoms with E-state index in [-0.39, 0.29) is 22.3 Å². The average molecular weight is 431 g/mol. The van der Waals surface area contributed by atoms with Crippen LogP contribution in [0.3, 0.4) is 0 Å². The number of phenolic OH excluding ortho intramolecular Hbond substituents is 1. The Kier molecular flexibility index (Phi) is 6.45. The molecule has 0 aromatic heterocycles. The first kappa shape index (κ1) is 21.1. The van der Waals surface area contributed by atoms with Crippen LogP contribution < -0.4 is 10.1 Å². The second-order valence-corrected chi connectivity index (χ2v) is 7.40. The van der Waals surface area contributed by atoms with E-state index < -0.39 is 6.04 Å². The first-order chi connectivity index (χ1) is 13.9. The van der Waals surface area contributed by atoms with Gasteiger partial charge in [0.05, 0.1) is 17.7 Å². The molecule has 1 unspecified atom stereocenters. The van der Waals surface area contributed by atoms with Crippen molar-refractivity contribution in [3.8, 4) is 11.5 Å². The van der Waals surface area contributed by atoms with Gasteiger partial charge in [0.1, 0.15) is 0 Å². The maximum Gasteiger partial charge on any atom is 0.193 e. The van der Waals surface area contributed by atoms with Crippen LogP contribution in [0.5, 0.6) is 11.5 Å². The number of ether oxygens (including phenoxy) is 1. The molecule has 2 aromatic carbocycles. The largest absolute Gasteiger partial charge is 0.503 e. The number of allylic oxidation sites excluding steroid dienone is 1. The van der Waals surface area contributed by atoms with Gasteiger partial charge in [0, 0.05) is 23.4 Å². The Morgan fingerprint density at radius 1 is 1.28 bits per heavy atom. The van der Waals surface area contributed by atoms with Crippen molar-refractivity contribution in [1.29, 1.82) is 0 Å². The summed E-state index contributed by atoms with van der Waals surface area (Å²) in [5.41, 5.74) is 2.65. The fourth-order valence-corrected chi connectivity index (χ4v) is 4.08. The van der Waals surface area contributed by atoms with Crippen LogP contribution in [0, 0.1) is 0 Å². The van der Waals surface area contributed by atoms with Crippen LogP contribution in [-0.4, -0.2) is 34.1 Å². The number of nitrogens with zero attached hydrogens (tertiary/aromatic N) is 1. The fraction of sp³-hybridized carbons (Fsp3) is 0.273. The first-order valence-electron chi connectivity index (χ1n) is 9.42. The highest BCUT2D eigenvalue weighted by Gasteiger charge is 2.34. The van der Waals surface area contributed by atoms with Crippen molar-refractivity contribution in [3.63, 3.8) is 0 Å². The second-order valence-electron chi connectivity index (χ2n) is 6.60. The molecular weight excluding hydrogens is 408 g/mol. The molecule has 0 amide bonds. The monoisotopic (exact) mass is 430 g/mol. The van der Waals surface area contributed by atoms with Crippen LogP contribution in [0.4, 0.5) is 0 Å². The van der Waals surface area contributed by atoms with Crippen LogP contribution in [0.1, 0.15) is 42.7 Å². The molecule has 1 aliphatic heterocycles. The Bertz CT molecular complexity index is 976. The number of benzene rings is 2. The quantitative estimate of drug-likeness (QED) is 0.504. The highest BCUT2D eigenvalue weighted by atomic mass is 35.5. The lowest BCUT2D eigenvalue weighted by molar-refractivity contribution is 0.102. The number of hydrogen-bond donors (Lipinski definition) is 2. The van der Waals surface area contributed by atoms with Crippen LogP contribution >= 0.6 is 23.8 Å². The predicted molar refractivity (Wildman–Crippen MR) is 119 cm³/mol. The highest BCUT2D eigenvalue weighted by molar-refractivity contribution is 7.80. The zero-order chi connectivity index (χ0) is 21.1. The van der Waals surface area contributed by atoms with Crippen molar-refractivity contribution in [2.24, 2.45) is 0 Å². The van der Waals surface area contributed by atoms with Crippen molar-refractivity contribution in [3.05, 3.63) is 69.9 Å². The molecule has 152 valence electrons. The van der Waals surface area contributed by atoms with E-state index in [0.717, 1.165) is 5.70 Å². The highest BCUT2D eigenvalue weighted by Crippen LogP contribution is 2.40. The second kappa shape index (κ2) is 8.84. The van der Waals surface area contributed by atoms with Crippen molar-refractivity contribution in [1.82, 2.24) is 10.2 Å². The number of hydrogen-bond acceptors (Lipinski definition) is 4. The molecule has 3 rings (SSSR count). The lowest BCUT2D eigenvalue weighted by Gasteiger charge is -2.37. The van der Waals surface area contributed by atoms with Gasteiger partial charge in [-0.25, -0.2) is 0 Å². The number of carbonyl (C=O) groups is 1. The standard InChI is InChI=1S/C22H23ClN2O3S/c1-4-25-13(3)18(20(26)14-9-7-6-8-10-14)19(24-22(25)29)15-11-16(23)21(27)17(12-15)28-5-2/h6-12,19,27H,4-5H2,1-3H3,(H,24,29). The number of carbonyl (C=O) groups excluding carboxylic acids is 1. The molecule has 0 aliphatic carbocycles. The molecule has 0 saturated heterocycles. The molecule has 1 heterocycles. The first-order valence-corrected chi connectivity index (χ1v) is 10.2. The van der Waals surface area contributed by atoms with E-state index in [4.69, 9.17) is 28.6 Å². The number of Topliss-reactive ketones (excluding diaryl/α,β-unsaturated/α-hetero) is 1. The van der Waals surface area contributed by atoms with Crippen molar-refractivity contribution in [2.75, 3.05) is 13.2 Å². The van der Waals surface area contributed by atoms with E-state index in [2.05, 4.69) is 5.32 Å². The molecule has 2 N–H and O–H groups in total. The van der Waals surface area contributed by atoms with E-state index in [9.17, 15) is 9.90 Å². The molecule has 0 radical (unpaired) electrons. The third-order valence-corrected chi connectivity index (χ3v) is 5.50. The van der Waals surface area contributed by atoms with E-state index in [1.807, 2.05) is 43.9 Å². The summed E-state index contributed by atoms with van der Waals surface area (Å²) >= 11 is 11.8. The molecule has 7 heteroatoms. The lowest BCUT2D eigenvalue weighted by Crippen LogP contribution is -2.47. The Balaban J connectivity index is 2.17. The molecule has 2 aromatic rings. The number of thiocarbonyl (C=S) groups is 1. The minimum Gasteiger partial charge on any atom is -0.503 e. The van der Waals surface area contributed by atoms with E-state index in [0.29, 0.717) is 35.0 Å². The lowest BCUT2D eigenvalue weighted by atomic mass is 9.89.